The number of benzene rings is 1. The van der Waals surface area contributed by atoms with Crippen LogP contribution in [0.1, 0.15) is 10.4 Å². The number of carbonyl (C=O) groups excluding carboxylic acids is 1. The second-order valence-electron chi connectivity index (χ2n) is 4.65. The van der Waals surface area contributed by atoms with Crippen LogP contribution in [0.2, 0.25) is 5.02 Å². The highest BCUT2D eigenvalue weighted by molar-refractivity contribution is 7.99. The maximum Gasteiger partial charge on any atom is 0.253 e. The highest BCUT2D eigenvalue weighted by Crippen LogP contribution is 2.20. The van der Waals surface area contributed by atoms with Crippen molar-refractivity contribution < 1.29 is 4.79 Å². The molecule has 1 amide bonds. The molecule has 6 heteroatoms. The lowest BCUT2D eigenvalue weighted by molar-refractivity contribution is 0.0949. The molecule has 4 nitrogen and oxygen atoms in total. The van der Waals surface area contributed by atoms with Crippen molar-refractivity contribution in [2.24, 2.45) is 0 Å². The molecule has 1 fully saturated rings. The number of amides is 1. The van der Waals surface area contributed by atoms with E-state index < -0.39 is 0 Å². The largest absolute Gasteiger partial charge is 0.387 e. The number of hydrogen-bond donors (Lipinski definition) is 2. The first kappa shape index (κ1) is 15.5. The van der Waals surface area contributed by atoms with Crippen molar-refractivity contribution in [2.45, 2.75) is 0 Å². The Labute approximate surface area is 129 Å². The van der Waals surface area contributed by atoms with Crippen molar-refractivity contribution in [3.8, 4) is 0 Å². The maximum absolute atomic E-state index is 12.2. The molecule has 110 valence electrons. The van der Waals surface area contributed by atoms with Crippen LogP contribution >= 0.6 is 23.4 Å². The quantitative estimate of drug-likeness (QED) is 0.874. The molecule has 0 bridgehead atoms. The smallest absolute Gasteiger partial charge is 0.253 e. The number of carbonyl (C=O) groups is 1. The van der Waals surface area contributed by atoms with Crippen molar-refractivity contribution in [3.63, 3.8) is 0 Å². The van der Waals surface area contributed by atoms with E-state index in [1.54, 1.807) is 19.2 Å². The summed E-state index contributed by atoms with van der Waals surface area (Å²) in [7, 11) is 1.80. The van der Waals surface area contributed by atoms with Crippen molar-refractivity contribution in [1.82, 2.24) is 10.2 Å². The molecule has 0 aromatic heterocycles. The number of nitrogens with one attached hydrogen (secondary N) is 2. The van der Waals surface area contributed by atoms with E-state index in [0.717, 1.165) is 25.3 Å². The van der Waals surface area contributed by atoms with Gasteiger partial charge in [0.05, 0.1) is 5.56 Å². The van der Waals surface area contributed by atoms with Crippen molar-refractivity contribution in [1.29, 1.82) is 0 Å². The topological polar surface area (TPSA) is 44.4 Å². The number of hydrogen-bond acceptors (Lipinski definition) is 4. The molecular weight excluding hydrogens is 294 g/mol. The van der Waals surface area contributed by atoms with Gasteiger partial charge in [0.2, 0.25) is 0 Å². The first-order chi connectivity index (χ1) is 9.70. The predicted octanol–water partition coefficient (Wildman–Crippen LogP) is 2.16. The Balaban J connectivity index is 1.86. The number of nitrogens with zero attached hydrogens (tertiary/aromatic N) is 1. The number of anilines is 1. The van der Waals surface area contributed by atoms with Crippen LogP contribution in [0.5, 0.6) is 0 Å². The van der Waals surface area contributed by atoms with Crippen LogP contribution < -0.4 is 10.6 Å². The molecule has 1 saturated heterocycles. The minimum atomic E-state index is -0.0803. The molecule has 1 aliphatic heterocycles. The molecule has 1 aromatic rings. The third-order valence-electron chi connectivity index (χ3n) is 3.31. The molecule has 0 aliphatic carbocycles. The van der Waals surface area contributed by atoms with Crippen LogP contribution in [0.3, 0.4) is 0 Å². The fourth-order valence-corrected chi connectivity index (χ4v) is 3.32. The van der Waals surface area contributed by atoms with Gasteiger partial charge in [0.1, 0.15) is 0 Å². The van der Waals surface area contributed by atoms with Gasteiger partial charge in [-0.3, -0.25) is 9.69 Å². The molecule has 0 atom stereocenters. The summed E-state index contributed by atoms with van der Waals surface area (Å²) in [5.74, 6) is 2.29. The minimum absolute atomic E-state index is 0.0803. The Bertz CT molecular complexity index is 464. The molecule has 2 N–H and O–H groups in total. The fourth-order valence-electron chi connectivity index (χ4n) is 2.17. The third kappa shape index (κ3) is 4.30. The predicted molar refractivity (Wildman–Crippen MR) is 87.1 cm³/mol. The van der Waals surface area contributed by atoms with Gasteiger partial charge in [-0.15, -0.1) is 0 Å². The van der Waals surface area contributed by atoms with Crippen LogP contribution in [0.4, 0.5) is 5.69 Å². The van der Waals surface area contributed by atoms with E-state index in [9.17, 15) is 4.79 Å². The molecule has 0 spiro atoms. The van der Waals surface area contributed by atoms with Gasteiger partial charge in [-0.05, 0) is 18.2 Å². The normalized spacial score (nSPS) is 15.9. The van der Waals surface area contributed by atoms with E-state index in [1.165, 1.54) is 11.5 Å². The lowest BCUT2D eigenvalue weighted by atomic mass is 10.1. The van der Waals surface area contributed by atoms with E-state index >= 15 is 0 Å². The summed E-state index contributed by atoms with van der Waals surface area (Å²) in [6, 6.07) is 5.29. The molecular formula is C14H20ClN3OS. The molecule has 0 unspecified atom stereocenters. The summed E-state index contributed by atoms with van der Waals surface area (Å²) in [4.78, 5) is 14.6. The number of thioether (sulfide) groups is 1. The van der Waals surface area contributed by atoms with Gasteiger partial charge in [0, 0.05) is 55.4 Å². The van der Waals surface area contributed by atoms with E-state index in [4.69, 9.17) is 11.6 Å². The van der Waals surface area contributed by atoms with E-state index in [0.29, 0.717) is 17.1 Å². The van der Waals surface area contributed by atoms with Crippen molar-refractivity contribution in [3.05, 3.63) is 28.8 Å². The van der Waals surface area contributed by atoms with Crippen LogP contribution in [0, 0.1) is 0 Å². The SMILES string of the molecule is CNc1ccc(Cl)cc1C(=O)NCCN1CCSCC1. The van der Waals surface area contributed by atoms with Crippen molar-refractivity contribution >= 4 is 35.0 Å². The summed E-state index contributed by atoms with van der Waals surface area (Å²) in [6.07, 6.45) is 0. The first-order valence-corrected chi connectivity index (χ1v) is 8.29. The molecule has 1 aromatic carbocycles. The van der Waals surface area contributed by atoms with Gasteiger partial charge in [-0.1, -0.05) is 11.6 Å². The summed E-state index contributed by atoms with van der Waals surface area (Å²) in [5, 5.41) is 6.54. The second kappa shape index (κ2) is 7.76. The van der Waals surface area contributed by atoms with Gasteiger partial charge >= 0.3 is 0 Å². The van der Waals surface area contributed by atoms with E-state index in [-0.39, 0.29) is 5.91 Å². The minimum Gasteiger partial charge on any atom is -0.387 e. The highest BCUT2D eigenvalue weighted by Gasteiger charge is 2.13. The Morgan fingerprint density at radius 2 is 2.15 bits per heavy atom. The molecule has 20 heavy (non-hydrogen) atoms. The van der Waals surface area contributed by atoms with Gasteiger partial charge in [-0.25, -0.2) is 0 Å². The van der Waals surface area contributed by atoms with Crippen LogP contribution in [-0.2, 0) is 0 Å². The number of rotatable bonds is 5. The molecule has 0 saturated carbocycles. The van der Waals surface area contributed by atoms with E-state index in [1.807, 2.05) is 17.8 Å². The second-order valence-corrected chi connectivity index (χ2v) is 6.31. The monoisotopic (exact) mass is 313 g/mol. The zero-order valence-corrected chi connectivity index (χ0v) is 13.2. The molecule has 1 heterocycles. The van der Waals surface area contributed by atoms with Crippen LogP contribution in [0.15, 0.2) is 18.2 Å². The first-order valence-electron chi connectivity index (χ1n) is 6.76. The van der Waals surface area contributed by atoms with Crippen molar-refractivity contribution in [2.75, 3.05) is 50.0 Å². The lowest BCUT2D eigenvalue weighted by Gasteiger charge is -2.26. The summed E-state index contributed by atoms with van der Waals surface area (Å²) in [6.45, 7) is 3.79. The average Bonchev–Trinajstić information content (AvgIpc) is 2.48. The van der Waals surface area contributed by atoms with Crippen LogP contribution in [-0.4, -0.2) is 55.5 Å². The Morgan fingerprint density at radius 3 is 2.85 bits per heavy atom. The Morgan fingerprint density at radius 1 is 1.40 bits per heavy atom. The Hall–Kier alpha value is -0.910. The molecule has 1 aliphatic rings. The van der Waals surface area contributed by atoms with Gasteiger partial charge in [0.25, 0.3) is 5.91 Å². The third-order valence-corrected chi connectivity index (χ3v) is 4.49. The molecule has 2 rings (SSSR count). The summed E-state index contributed by atoms with van der Waals surface area (Å²) >= 11 is 7.95. The summed E-state index contributed by atoms with van der Waals surface area (Å²) in [5.41, 5.74) is 1.38. The Kier molecular flexibility index (Phi) is 6.01. The lowest BCUT2D eigenvalue weighted by Crippen LogP contribution is -2.39. The summed E-state index contributed by atoms with van der Waals surface area (Å²) < 4.78 is 0. The fraction of sp³-hybridized carbons (Fsp3) is 0.500. The van der Waals surface area contributed by atoms with Gasteiger partial charge in [-0.2, -0.15) is 11.8 Å². The highest BCUT2D eigenvalue weighted by atomic mass is 35.5. The number of halogens is 1. The average molecular weight is 314 g/mol. The van der Waals surface area contributed by atoms with Gasteiger partial charge in [0.15, 0.2) is 0 Å². The van der Waals surface area contributed by atoms with E-state index in [2.05, 4.69) is 15.5 Å². The van der Waals surface area contributed by atoms with Crippen LogP contribution in [0.25, 0.3) is 0 Å². The zero-order valence-electron chi connectivity index (χ0n) is 11.6. The zero-order chi connectivity index (χ0) is 14.4. The standard InChI is InChI=1S/C14H20ClN3OS/c1-16-13-3-2-11(15)10-12(13)14(19)17-4-5-18-6-8-20-9-7-18/h2-3,10,16H,4-9H2,1H3,(H,17,19). The molecule has 0 radical (unpaired) electrons. The van der Waals surface area contributed by atoms with Gasteiger partial charge < -0.3 is 10.6 Å². The maximum atomic E-state index is 12.2.